The van der Waals surface area contributed by atoms with E-state index in [2.05, 4.69) is 4.90 Å². The second-order valence-electron chi connectivity index (χ2n) is 5.92. The summed E-state index contributed by atoms with van der Waals surface area (Å²) < 4.78 is 5.03. The summed E-state index contributed by atoms with van der Waals surface area (Å²) in [6, 6.07) is 3.21. The first-order valence-corrected chi connectivity index (χ1v) is 7.44. The summed E-state index contributed by atoms with van der Waals surface area (Å²) in [4.78, 5) is 12.7. The van der Waals surface area contributed by atoms with Crippen LogP contribution in [0.2, 0.25) is 0 Å². The number of methoxy groups -OCH3 is 1. The fourth-order valence-corrected chi connectivity index (χ4v) is 2.96. The standard InChI is InChI=1S/C15H23N3O4/c1-10(16)12-4-3-5-17(9-12)8-11-6-13(18(20)21)15(19)14(7-11)22-2/h6-7,10,12,19H,3-5,8-9,16H2,1-2H3. The highest BCUT2D eigenvalue weighted by atomic mass is 16.6. The van der Waals surface area contributed by atoms with Crippen molar-refractivity contribution >= 4 is 5.69 Å². The van der Waals surface area contributed by atoms with E-state index in [0.29, 0.717) is 12.5 Å². The van der Waals surface area contributed by atoms with E-state index in [9.17, 15) is 15.2 Å². The van der Waals surface area contributed by atoms with Crippen molar-refractivity contribution in [1.82, 2.24) is 4.90 Å². The van der Waals surface area contributed by atoms with Crippen LogP contribution in [0, 0.1) is 16.0 Å². The number of aromatic hydroxyl groups is 1. The highest BCUT2D eigenvalue weighted by Crippen LogP contribution is 2.37. The molecule has 0 amide bonds. The van der Waals surface area contributed by atoms with Crippen LogP contribution in [-0.4, -0.2) is 41.2 Å². The summed E-state index contributed by atoms with van der Waals surface area (Å²) in [6.07, 6.45) is 2.19. The van der Waals surface area contributed by atoms with E-state index in [-0.39, 0.29) is 17.5 Å². The number of benzene rings is 1. The molecule has 2 rings (SSSR count). The molecule has 0 spiro atoms. The molecular weight excluding hydrogens is 286 g/mol. The average Bonchev–Trinajstić information content (AvgIpc) is 2.48. The zero-order valence-corrected chi connectivity index (χ0v) is 13.0. The topological polar surface area (TPSA) is 102 Å². The van der Waals surface area contributed by atoms with Gasteiger partial charge < -0.3 is 15.6 Å². The maximum absolute atomic E-state index is 11.0. The Morgan fingerprint density at radius 1 is 1.59 bits per heavy atom. The van der Waals surface area contributed by atoms with E-state index in [1.165, 1.54) is 13.2 Å². The monoisotopic (exact) mass is 309 g/mol. The molecule has 7 heteroatoms. The molecule has 1 aliphatic rings. The Hall–Kier alpha value is -1.86. The first kappa shape index (κ1) is 16.5. The van der Waals surface area contributed by atoms with Gasteiger partial charge >= 0.3 is 5.69 Å². The third-order valence-corrected chi connectivity index (χ3v) is 4.22. The minimum atomic E-state index is -0.595. The molecule has 2 atom stereocenters. The zero-order valence-electron chi connectivity index (χ0n) is 13.0. The van der Waals surface area contributed by atoms with Crippen LogP contribution in [0.5, 0.6) is 11.5 Å². The molecule has 22 heavy (non-hydrogen) atoms. The highest BCUT2D eigenvalue weighted by molar-refractivity contribution is 5.57. The van der Waals surface area contributed by atoms with Crippen LogP contribution in [0.15, 0.2) is 12.1 Å². The van der Waals surface area contributed by atoms with Gasteiger partial charge in [0.2, 0.25) is 5.75 Å². The quantitative estimate of drug-likeness (QED) is 0.636. The molecule has 0 aromatic heterocycles. The third kappa shape index (κ3) is 3.66. The van der Waals surface area contributed by atoms with Crippen molar-refractivity contribution in [3.05, 3.63) is 27.8 Å². The molecule has 1 aromatic rings. The van der Waals surface area contributed by atoms with Gasteiger partial charge in [-0.05, 0) is 43.9 Å². The van der Waals surface area contributed by atoms with Gasteiger partial charge in [-0.1, -0.05) is 0 Å². The number of likely N-dealkylation sites (tertiary alicyclic amines) is 1. The summed E-state index contributed by atoms with van der Waals surface area (Å²) in [5, 5.41) is 20.8. The predicted octanol–water partition coefficient (Wildman–Crippen LogP) is 1.87. The van der Waals surface area contributed by atoms with Crippen molar-refractivity contribution in [2.45, 2.75) is 32.4 Å². The van der Waals surface area contributed by atoms with Crippen LogP contribution in [-0.2, 0) is 6.54 Å². The number of ether oxygens (including phenoxy) is 1. The third-order valence-electron chi connectivity index (χ3n) is 4.22. The number of piperidine rings is 1. The van der Waals surface area contributed by atoms with Gasteiger partial charge in [0.1, 0.15) is 0 Å². The van der Waals surface area contributed by atoms with Crippen molar-refractivity contribution in [2.24, 2.45) is 11.7 Å². The second kappa shape index (κ2) is 6.93. The van der Waals surface area contributed by atoms with E-state index in [4.69, 9.17) is 10.5 Å². The van der Waals surface area contributed by atoms with Gasteiger partial charge in [0.25, 0.3) is 0 Å². The second-order valence-corrected chi connectivity index (χ2v) is 5.92. The molecule has 1 heterocycles. The lowest BCUT2D eigenvalue weighted by atomic mass is 9.92. The number of nitrogens with zero attached hydrogens (tertiary/aromatic N) is 2. The summed E-state index contributed by atoms with van der Waals surface area (Å²) in [5.41, 5.74) is 6.42. The molecule has 1 aliphatic heterocycles. The molecule has 0 bridgehead atoms. The highest BCUT2D eigenvalue weighted by Gasteiger charge is 2.25. The van der Waals surface area contributed by atoms with Gasteiger partial charge in [-0.2, -0.15) is 0 Å². The largest absolute Gasteiger partial charge is 0.500 e. The fourth-order valence-electron chi connectivity index (χ4n) is 2.96. The Morgan fingerprint density at radius 2 is 2.32 bits per heavy atom. The number of hydrogen-bond acceptors (Lipinski definition) is 6. The molecule has 2 unspecified atom stereocenters. The lowest BCUT2D eigenvalue weighted by Gasteiger charge is -2.34. The van der Waals surface area contributed by atoms with Gasteiger partial charge in [0.05, 0.1) is 12.0 Å². The van der Waals surface area contributed by atoms with Crippen LogP contribution in [0.4, 0.5) is 5.69 Å². The predicted molar refractivity (Wildman–Crippen MR) is 83.0 cm³/mol. The maximum Gasteiger partial charge on any atom is 0.314 e. The lowest BCUT2D eigenvalue weighted by molar-refractivity contribution is -0.386. The zero-order chi connectivity index (χ0) is 16.3. The number of nitrogens with two attached hydrogens (primary N) is 1. The van der Waals surface area contributed by atoms with Gasteiger partial charge in [0, 0.05) is 25.2 Å². The molecule has 0 saturated carbocycles. The van der Waals surface area contributed by atoms with E-state index < -0.39 is 10.7 Å². The maximum atomic E-state index is 11.0. The molecule has 3 N–H and O–H groups in total. The number of rotatable bonds is 5. The van der Waals surface area contributed by atoms with Crippen LogP contribution in [0.25, 0.3) is 0 Å². The van der Waals surface area contributed by atoms with Crippen molar-refractivity contribution in [3.63, 3.8) is 0 Å². The minimum absolute atomic E-state index is 0.130. The van der Waals surface area contributed by atoms with Gasteiger partial charge in [0.15, 0.2) is 5.75 Å². The molecular formula is C15H23N3O4. The van der Waals surface area contributed by atoms with Gasteiger partial charge in [-0.15, -0.1) is 0 Å². The van der Waals surface area contributed by atoms with Crippen molar-refractivity contribution in [1.29, 1.82) is 0 Å². The van der Waals surface area contributed by atoms with Crippen LogP contribution >= 0.6 is 0 Å². The number of nitro groups is 1. The molecule has 1 fully saturated rings. The first-order valence-electron chi connectivity index (χ1n) is 7.44. The first-order chi connectivity index (χ1) is 10.4. The van der Waals surface area contributed by atoms with E-state index >= 15 is 0 Å². The van der Waals surface area contributed by atoms with E-state index in [1.807, 2.05) is 6.92 Å². The van der Waals surface area contributed by atoms with E-state index in [0.717, 1.165) is 31.5 Å². The minimum Gasteiger partial charge on any atom is -0.500 e. The van der Waals surface area contributed by atoms with Crippen molar-refractivity contribution in [3.8, 4) is 11.5 Å². The van der Waals surface area contributed by atoms with Crippen LogP contribution in [0.3, 0.4) is 0 Å². The number of nitro benzene ring substituents is 1. The summed E-state index contributed by atoms with van der Waals surface area (Å²) in [6.45, 7) is 4.43. The van der Waals surface area contributed by atoms with Crippen LogP contribution in [0.1, 0.15) is 25.3 Å². The lowest BCUT2D eigenvalue weighted by Crippen LogP contribution is -2.41. The molecule has 0 radical (unpaired) electrons. The summed E-state index contributed by atoms with van der Waals surface area (Å²) >= 11 is 0. The Kier molecular flexibility index (Phi) is 5.20. The number of hydrogen-bond donors (Lipinski definition) is 2. The average molecular weight is 309 g/mol. The summed E-state index contributed by atoms with van der Waals surface area (Å²) in [7, 11) is 1.38. The molecule has 122 valence electrons. The summed E-state index contributed by atoms with van der Waals surface area (Å²) in [5.74, 6) is 0.149. The Balaban J connectivity index is 2.18. The Bertz CT molecular complexity index is 548. The van der Waals surface area contributed by atoms with Crippen molar-refractivity contribution in [2.75, 3.05) is 20.2 Å². The normalized spacial score (nSPS) is 20.6. The molecule has 0 aliphatic carbocycles. The molecule has 1 aromatic carbocycles. The fraction of sp³-hybridized carbons (Fsp3) is 0.600. The molecule has 7 nitrogen and oxygen atoms in total. The SMILES string of the molecule is COc1cc(CN2CCCC(C(C)N)C2)cc([N+](=O)[O-])c1O. The Morgan fingerprint density at radius 3 is 2.91 bits per heavy atom. The molecule has 1 saturated heterocycles. The van der Waals surface area contributed by atoms with Gasteiger partial charge in [-0.25, -0.2) is 0 Å². The van der Waals surface area contributed by atoms with Gasteiger partial charge in [-0.3, -0.25) is 15.0 Å². The van der Waals surface area contributed by atoms with Crippen LogP contribution < -0.4 is 10.5 Å². The smallest absolute Gasteiger partial charge is 0.314 e. The van der Waals surface area contributed by atoms with Crippen molar-refractivity contribution < 1.29 is 14.8 Å². The van der Waals surface area contributed by atoms with E-state index in [1.54, 1.807) is 6.07 Å². The number of phenolic OH excluding ortho intramolecular Hbond substituents is 1. The number of phenols is 1. The Labute approximate surface area is 129 Å².